The van der Waals surface area contributed by atoms with Crippen molar-refractivity contribution in [1.29, 1.82) is 5.26 Å². The van der Waals surface area contributed by atoms with Crippen LogP contribution in [0.1, 0.15) is 45.0 Å². The Morgan fingerprint density at radius 1 is 1.37 bits per heavy atom. The van der Waals surface area contributed by atoms with Gasteiger partial charge in [-0.15, -0.1) is 11.3 Å². The van der Waals surface area contributed by atoms with E-state index in [1.165, 1.54) is 25.4 Å². The number of anilines is 1. The molecule has 2 aromatic rings. The minimum absolute atomic E-state index is 0.169. The van der Waals surface area contributed by atoms with Gasteiger partial charge in [-0.25, -0.2) is 9.59 Å². The number of nitrogens with zero attached hydrogens (tertiary/aromatic N) is 2. The van der Waals surface area contributed by atoms with Crippen LogP contribution in [0.2, 0.25) is 0 Å². The number of carbonyl (C=O) groups excluding carboxylic acids is 3. The molecule has 0 saturated carbocycles. The van der Waals surface area contributed by atoms with Gasteiger partial charge in [-0.1, -0.05) is 0 Å². The van der Waals surface area contributed by atoms with E-state index in [0.29, 0.717) is 5.56 Å². The Hall–Kier alpha value is -3.25. The normalized spacial score (nSPS) is 11.2. The zero-order valence-electron chi connectivity index (χ0n) is 14.9. The van der Waals surface area contributed by atoms with Gasteiger partial charge in [0.05, 0.1) is 17.7 Å². The molecule has 1 amide bonds. The summed E-state index contributed by atoms with van der Waals surface area (Å²) in [7, 11) is 0. The maximum Gasteiger partial charge on any atom is 0.348 e. The molecule has 0 bridgehead atoms. The Labute approximate surface area is 159 Å². The van der Waals surface area contributed by atoms with Crippen molar-refractivity contribution in [2.75, 3.05) is 11.9 Å². The highest BCUT2D eigenvalue weighted by atomic mass is 32.1. The molecule has 9 heteroatoms. The average Bonchev–Trinajstić information content (AvgIpc) is 2.97. The van der Waals surface area contributed by atoms with Crippen LogP contribution in [0.4, 0.5) is 5.00 Å². The molecular formula is C18H17N3O5S. The van der Waals surface area contributed by atoms with Gasteiger partial charge < -0.3 is 14.8 Å². The highest BCUT2D eigenvalue weighted by Crippen LogP contribution is 2.33. The molecule has 0 aliphatic carbocycles. The molecule has 27 heavy (non-hydrogen) atoms. The average molecular weight is 387 g/mol. The van der Waals surface area contributed by atoms with Gasteiger partial charge >= 0.3 is 11.9 Å². The molecule has 0 aliphatic rings. The maximum absolute atomic E-state index is 12.3. The Kier molecular flexibility index (Phi) is 6.62. The van der Waals surface area contributed by atoms with Gasteiger partial charge in [0.2, 0.25) is 0 Å². The smallest absolute Gasteiger partial charge is 0.348 e. The summed E-state index contributed by atoms with van der Waals surface area (Å²) in [4.78, 5) is 40.4. The lowest BCUT2D eigenvalue weighted by Gasteiger charge is -2.12. The lowest BCUT2D eigenvalue weighted by atomic mass is 10.2. The van der Waals surface area contributed by atoms with Crippen LogP contribution in [0.15, 0.2) is 24.5 Å². The lowest BCUT2D eigenvalue weighted by molar-refractivity contribution is -0.123. The molecule has 2 heterocycles. The number of hydrogen-bond acceptors (Lipinski definition) is 8. The topological polar surface area (TPSA) is 118 Å². The number of rotatable bonds is 6. The summed E-state index contributed by atoms with van der Waals surface area (Å²) in [6.45, 7) is 4.87. The van der Waals surface area contributed by atoms with Crippen LogP contribution in [0.25, 0.3) is 0 Å². The Morgan fingerprint density at radius 3 is 2.70 bits per heavy atom. The third kappa shape index (κ3) is 4.68. The molecule has 0 aliphatic heterocycles. The second kappa shape index (κ2) is 8.91. The number of nitriles is 1. The first-order valence-electron chi connectivity index (χ1n) is 8.01. The number of hydrogen-bond donors (Lipinski definition) is 1. The summed E-state index contributed by atoms with van der Waals surface area (Å²) in [6.07, 6.45) is 1.73. The minimum Gasteiger partial charge on any atom is -0.462 e. The Morgan fingerprint density at radius 2 is 2.11 bits per heavy atom. The van der Waals surface area contributed by atoms with E-state index in [2.05, 4.69) is 10.3 Å². The summed E-state index contributed by atoms with van der Waals surface area (Å²) in [5, 5.41) is 12.1. The monoisotopic (exact) mass is 387 g/mol. The van der Waals surface area contributed by atoms with Crippen molar-refractivity contribution >= 4 is 34.2 Å². The van der Waals surface area contributed by atoms with Crippen LogP contribution in [-0.4, -0.2) is 35.5 Å². The highest BCUT2D eigenvalue weighted by molar-refractivity contribution is 7.18. The van der Waals surface area contributed by atoms with E-state index in [0.717, 1.165) is 11.3 Å². The maximum atomic E-state index is 12.3. The van der Waals surface area contributed by atoms with Gasteiger partial charge in [0.25, 0.3) is 5.91 Å². The van der Waals surface area contributed by atoms with Crippen LogP contribution < -0.4 is 5.32 Å². The summed E-state index contributed by atoms with van der Waals surface area (Å²) >= 11 is 0.940. The fourth-order valence-corrected chi connectivity index (χ4v) is 3.16. The fraction of sp³-hybridized carbons (Fsp3) is 0.278. The first kappa shape index (κ1) is 20.1. The van der Waals surface area contributed by atoms with Crippen molar-refractivity contribution in [3.05, 3.63) is 46.1 Å². The zero-order chi connectivity index (χ0) is 20.0. The first-order chi connectivity index (χ1) is 12.9. The van der Waals surface area contributed by atoms with E-state index < -0.39 is 23.9 Å². The van der Waals surface area contributed by atoms with Crippen molar-refractivity contribution in [1.82, 2.24) is 4.98 Å². The van der Waals surface area contributed by atoms with Crippen molar-refractivity contribution in [3.63, 3.8) is 0 Å². The fourth-order valence-electron chi connectivity index (χ4n) is 2.11. The van der Waals surface area contributed by atoms with Crippen molar-refractivity contribution in [2.45, 2.75) is 26.9 Å². The third-order valence-electron chi connectivity index (χ3n) is 3.51. The summed E-state index contributed by atoms with van der Waals surface area (Å²) in [5.41, 5.74) is 0.810. The highest BCUT2D eigenvalue weighted by Gasteiger charge is 2.25. The van der Waals surface area contributed by atoms with Gasteiger partial charge in [0.15, 0.2) is 6.10 Å². The molecule has 0 spiro atoms. The SMILES string of the molecule is CCOC(=O)c1sc(NC(=O)C(C)OC(=O)c2cccnc2)c(C#N)c1C. The van der Waals surface area contributed by atoms with Crippen molar-refractivity contribution in [2.24, 2.45) is 0 Å². The summed E-state index contributed by atoms with van der Waals surface area (Å²) in [5.74, 6) is -1.88. The van der Waals surface area contributed by atoms with E-state index in [1.807, 2.05) is 6.07 Å². The third-order valence-corrected chi connectivity index (χ3v) is 4.69. The van der Waals surface area contributed by atoms with Crippen LogP contribution in [0, 0.1) is 18.3 Å². The predicted octanol–water partition coefficient (Wildman–Crippen LogP) is 2.68. The second-order valence-corrected chi connectivity index (χ2v) is 6.39. The lowest BCUT2D eigenvalue weighted by Crippen LogP contribution is -2.30. The van der Waals surface area contributed by atoms with Gasteiger partial charge in [0.1, 0.15) is 15.9 Å². The van der Waals surface area contributed by atoms with E-state index in [9.17, 15) is 19.6 Å². The number of thiophene rings is 1. The number of aromatic nitrogens is 1. The number of carbonyl (C=O) groups is 3. The van der Waals surface area contributed by atoms with Gasteiger partial charge in [-0.2, -0.15) is 5.26 Å². The molecule has 8 nitrogen and oxygen atoms in total. The molecule has 0 radical (unpaired) electrons. The molecule has 140 valence electrons. The number of nitrogens with one attached hydrogen (secondary N) is 1. The quantitative estimate of drug-likeness (QED) is 0.757. The zero-order valence-corrected chi connectivity index (χ0v) is 15.8. The Bertz CT molecular complexity index is 902. The molecule has 2 aromatic heterocycles. The number of esters is 2. The van der Waals surface area contributed by atoms with E-state index in [-0.39, 0.29) is 27.6 Å². The molecule has 0 fully saturated rings. The number of amides is 1. The van der Waals surface area contributed by atoms with E-state index in [4.69, 9.17) is 9.47 Å². The van der Waals surface area contributed by atoms with E-state index >= 15 is 0 Å². The Balaban J connectivity index is 2.13. The standard InChI is InChI=1S/C18H17N3O5S/c1-4-25-18(24)14-10(2)13(8-19)16(27-14)21-15(22)11(3)26-17(23)12-6-5-7-20-9-12/h5-7,9,11H,4H2,1-3H3,(H,21,22). The summed E-state index contributed by atoms with van der Waals surface area (Å²) in [6, 6.07) is 5.06. The minimum atomic E-state index is -1.11. The second-order valence-electron chi connectivity index (χ2n) is 5.37. The summed E-state index contributed by atoms with van der Waals surface area (Å²) < 4.78 is 10.1. The van der Waals surface area contributed by atoms with E-state index in [1.54, 1.807) is 19.9 Å². The van der Waals surface area contributed by atoms with Crippen molar-refractivity contribution < 1.29 is 23.9 Å². The van der Waals surface area contributed by atoms with Gasteiger partial charge in [-0.05, 0) is 38.5 Å². The van der Waals surface area contributed by atoms with Crippen LogP contribution in [0.3, 0.4) is 0 Å². The number of ether oxygens (including phenoxy) is 2. The molecule has 0 aromatic carbocycles. The van der Waals surface area contributed by atoms with Crippen molar-refractivity contribution in [3.8, 4) is 6.07 Å². The molecule has 1 atom stereocenters. The van der Waals surface area contributed by atoms with Gasteiger partial charge in [0, 0.05) is 12.4 Å². The van der Waals surface area contributed by atoms with Crippen LogP contribution in [0.5, 0.6) is 0 Å². The van der Waals surface area contributed by atoms with Gasteiger partial charge in [-0.3, -0.25) is 9.78 Å². The van der Waals surface area contributed by atoms with Crippen LogP contribution >= 0.6 is 11.3 Å². The number of pyridine rings is 1. The molecule has 1 N–H and O–H groups in total. The molecule has 2 rings (SSSR count). The first-order valence-corrected chi connectivity index (χ1v) is 8.83. The predicted molar refractivity (Wildman–Crippen MR) is 97.5 cm³/mol. The molecular weight excluding hydrogens is 370 g/mol. The largest absolute Gasteiger partial charge is 0.462 e. The molecule has 1 unspecified atom stereocenters. The molecule has 0 saturated heterocycles. The van der Waals surface area contributed by atoms with Crippen LogP contribution in [-0.2, 0) is 14.3 Å².